The third kappa shape index (κ3) is 2.38. The monoisotopic (exact) mass is 302 g/mol. The van der Waals surface area contributed by atoms with E-state index in [2.05, 4.69) is 0 Å². The highest BCUT2D eigenvalue weighted by Crippen LogP contribution is 2.41. The summed E-state index contributed by atoms with van der Waals surface area (Å²) in [5.41, 5.74) is 1.33. The molecule has 0 aliphatic carbocycles. The van der Waals surface area contributed by atoms with E-state index in [0.29, 0.717) is 21.7 Å². The van der Waals surface area contributed by atoms with Crippen LogP contribution < -0.4 is 0 Å². The molecule has 106 valence electrons. The molecule has 0 fully saturated rings. The molecule has 21 heavy (non-hydrogen) atoms. The highest BCUT2D eigenvalue weighted by atomic mass is 35.5. The number of ether oxygens (including phenoxy) is 1. The zero-order chi connectivity index (χ0) is 15.0. The second-order valence-corrected chi connectivity index (χ2v) is 5.22. The number of benzene rings is 2. The summed E-state index contributed by atoms with van der Waals surface area (Å²) in [5.74, 6) is -2.51. The predicted octanol–water partition coefficient (Wildman–Crippen LogP) is 3.42. The second-order valence-electron chi connectivity index (χ2n) is 4.78. The molecule has 0 radical (unpaired) electrons. The molecule has 2 unspecified atom stereocenters. The van der Waals surface area contributed by atoms with Crippen LogP contribution in [0.25, 0.3) is 0 Å². The summed E-state index contributed by atoms with van der Waals surface area (Å²) in [4.78, 5) is 23.7. The highest BCUT2D eigenvalue weighted by molar-refractivity contribution is 6.30. The first-order valence-electron chi connectivity index (χ1n) is 6.36. The summed E-state index contributed by atoms with van der Waals surface area (Å²) >= 11 is 5.94. The number of fused-ring (bicyclic) bond motifs is 1. The standard InChI is InChI=1S/C16H11ClO4/c17-10-5-3-4-9(8-10)14-13(15(18)19)11-6-1-2-7-12(11)16(20)21-14/h1-8,13-14H,(H,18,19). The Morgan fingerprint density at radius 3 is 2.62 bits per heavy atom. The van der Waals surface area contributed by atoms with Gasteiger partial charge in [-0.3, -0.25) is 4.79 Å². The van der Waals surface area contributed by atoms with Gasteiger partial charge in [0.15, 0.2) is 0 Å². The van der Waals surface area contributed by atoms with Gasteiger partial charge in [0.2, 0.25) is 0 Å². The maximum Gasteiger partial charge on any atom is 0.339 e. The minimum absolute atomic E-state index is 0.295. The van der Waals surface area contributed by atoms with Gasteiger partial charge in [-0.25, -0.2) is 4.79 Å². The summed E-state index contributed by atoms with van der Waals surface area (Å²) < 4.78 is 5.35. The van der Waals surface area contributed by atoms with Gasteiger partial charge in [-0.05, 0) is 29.3 Å². The molecule has 0 saturated heterocycles. The fourth-order valence-corrected chi connectivity index (χ4v) is 2.77. The molecule has 1 N–H and O–H groups in total. The van der Waals surface area contributed by atoms with Gasteiger partial charge < -0.3 is 9.84 Å². The Morgan fingerprint density at radius 1 is 1.14 bits per heavy atom. The number of carboxylic acids is 1. The molecule has 0 amide bonds. The van der Waals surface area contributed by atoms with Crippen LogP contribution in [0, 0.1) is 0 Å². The molecule has 0 spiro atoms. The summed E-state index contributed by atoms with van der Waals surface area (Å²) in [6, 6.07) is 13.3. The van der Waals surface area contributed by atoms with Crippen molar-refractivity contribution in [3.63, 3.8) is 0 Å². The number of aliphatic carboxylic acids is 1. The minimum Gasteiger partial charge on any atom is -0.481 e. The maximum atomic E-state index is 12.1. The number of carbonyl (C=O) groups excluding carboxylic acids is 1. The van der Waals surface area contributed by atoms with Crippen LogP contribution in [-0.2, 0) is 9.53 Å². The van der Waals surface area contributed by atoms with E-state index < -0.39 is 24.0 Å². The molecule has 3 rings (SSSR count). The molecular weight excluding hydrogens is 292 g/mol. The molecule has 2 aromatic carbocycles. The van der Waals surface area contributed by atoms with Crippen LogP contribution in [-0.4, -0.2) is 17.0 Å². The van der Waals surface area contributed by atoms with Crippen molar-refractivity contribution in [1.29, 1.82) is 0 Å². The zero-order valence-electron chi connectivity index (χ0n) is 10.8. The van der Waals surface area contributed by atoms with Crippen LogP contribution >= 0.6 is 11.6 Å². The Hall–Kier alpha value is -2.33. The lowest BCUT2D eigenvalue weighted by atomic mass is 9.84. The van der Waals surface area contributed by atoms with E-state index in [9.17, 15) is 14.7 Å². The number of rotatable bonds is 2. The Labute approximate surface area is 125 Å². The summed E-state index contributed by atoms with van der Waals surface area (Å²) in [6.07, 6.45) is -0.886. The van der Waals surface area contributed by atoms with E-state index in [0.717, 1.165) is 0 Å². The van der Waals surface area contributed by atoms with Crippen molar-refractivity contribution in [2.24, 2.45) is 0 Å². The van der Waals surface area contributed by atoms with Crippen molar-refractivity contribution in [3.8, 4) is 0 Å². The van der Waals surface area contributed by atoms with Crippen molar-refractivity contribution in [1.82, 2.24) is 0 Å². The highest BCUT2D eigenvalue weighted by Gasteiger charge is 2.40. The molecule has 4 nitrogen and oxygen atoms in total. The Bertz CT molecular complexity index is 726. The number of esters is 1. The van der Waals surface area contributed by atoms with Gasteiger partial charge >= 0.3 is 11.9 Å². The van der Waals surface area contributed by atoms with Gasteiger partial charge in [-0.15, -0.1) is 0 Å². The van der Waals surface area contributed by atoms with Crippen molar-refractivity contribution in [2.75, 3.05) is 0 Å². The van der Waals surface area contributed by atoms with Gasteiger partial charge in [-0.2, -0.15) is 0 Å². The number of halogens is 1. The average Bonchev–Trinajstić information content (AvgIpc) is 2.46. The van der Waals surface area contributed by atoms with Gasteiger partial charge in [0, 0.05) is 5.02 Å². The Morgan fingerprint density at radius 2 is 1.90 bits per heavy atom. The van der Waals surface area contributed by atoms with Crippen LogP contribution in [0.15, 0.2) is 48.5 Å². The summed E-state index contributed by atoms with van der Waals surface area (Å²) in [7, 11) is 0. The Balaban J connectivity index is 2.14. The molecule has 0 aromatic heterocycles. The third-order valence-electron chi connectivity index (χ3n) is 3.50. The third-order valence-corrected chi connectivity index (χ3v) is 3.73. The van der Waals surface area contributed by atoms with Crippen molar-refractivity contribution in [2.45, 2.75) is 12.0 Å². The quantitative estimate of drug-likeness (QED) is 0.863. The van der Waals surface area contributed by atoms with Crippen LogP contribution in [0.4, 0.5) is 0 Å². The molecule has 1 aliphatic rings. The minimum atomic E-state index is -1.04. The first-order valence-corrected chi connectivity index (χ1v) is 6.74. The van der Waals surface area contributed by atoms with E-state index in [1.165, 1.54) is 0 Å². The molecule has 5 heteroatoms. The number of carbonyl (C=O) groups is 2. The van der Waals surface area contributed by atoms with Gasteiger partial charge in [-0.1, -0.05) is 41.9 Å². The lowest BCUT2D eigenvalue weighted by molar-refractivity contribution is -0.142. The fourth-order valence-electron chi connectivity index (χ4n) is 2.57. The number of carboxylic acid groups (broad SMARTS) is 1. The fraction of sp³-hybridized carbons (Fsp3) is 0.125. The van der Waals surface area contributed by atoms with Crippen molar-refractivity contribution in [3.05, 3.63) is 70.2 Å². The van der Waals surface area contributed by atoms with E-state index in [-0.39, 0.29) is 0 Å². The molecule has 0 saturated carbocycles. The van der Waals surface area contributed by atoms with E-state index >= 15 is 0 Å². The second kappa shape index (κ2) is 5.22. The Kier molecular flexibility index (Phi) is 3.39. The number of hydrogen-bond acceptors (Lipinski definition) is 3. The van der Waals surface area contributed by atoms with Gasteiger partial charge in [0.05, 0.1) is 5.56 Å². The largest absolute Gasteiger partial charge is 0.481 e. The molecule has 2 aromatic rings. The predicted molar refractivity (Wildman–Crippen MR) is 76.4 cm³/mol. The van der Waals surface area contributed by atoms with E-state index in [1.54, 1.807) is 48.5 Å². The van der Waals surface area contributed by atoms with Crippen molar-refractivity contribution >= 4 is 23.5 Å². The van der Waals surface area contributed by atoms with Crippen LogP contribution in [0.2, 0.25) is 5.02 Å². The summed E-state index contributed by atoms with van der Waals surface area (Å²) in [6.45, 7) is 0. The molecular formula is C16H11ClO4. The molecule has 1 heterocycles. The van der Waals surface area contributed by atoms with Crippen LogP contribution in [0.1, 0.15) is 33.5 Å². The van der Waals surface area contributed by atoms with Crippen molar-refractivity contribution < 1.29 is 19.4 Å². The number of cyclic esters (lactones) is 1. The SMILES string of the molecule is O=C1OC(c2cccc(Cl)c2)C(C(=O)O)c2ccccc21. The van der Waals surface area contributed by atoms with E-state index in [4.69, 9.17) is 16.3 Å². The van der Waals surface area contributed by atoms with Gasteiger partial charge in [0.1, 0.15) is 12.0 Å². The lowest BCUT2D eigenvalue weighted by Crippen LogP contribution is -2.31. The maximum absolute atomic E-state index is 12.1. The first kappa shape index (κ1) is 13.6. The van der Waals surface area contributed by atoms with Crippen LogP contribution in [0.5, 0.6) is 0 Å². The zero-order valence-corrected chi connectivity index (χ0v) is 11.6. The lowest BCUT2D eigenvalue weighted by Gasteiger charge is -2.30. The number of hydrogen-bond donors (Lipinski definition) is 1. The molecule has 1 aliphatic heterocycles. The normalized spacial score (nSPS) is 20.5. The smallest absolute Gasteiger partial charge is 0.339 e. The van der Waals surface area contributed by atoms with Crippen LogP contribution in [0.3, 0.4) is 0 Å². The molecule has 0 bridgehead atoms. The van der Waals surface area contributed by atoms with Gasteiger partial charge in [0.25, 0.3) is 0 Å². The average molecular weight is 303 g/mol. The molecule has 2 atom stereocenters. The van der Waals surface area contributed by atoms with E-state index in [1.807, 2.05) is 0 Å². The first-order chi connectivity index (χ1) is 10.1. The summed E-state index contributed by atoms with van der Waals surface area (Å²) in [5, 5.41) is 10.0. The topological polar surface area (TPSA) is 63.6 Å².